The molecule has 2 atom stereocenters. The van der Waals surface area contributed by atoms with Gasteiger partial charge in [-0.3, -0.25) is 0 Å². The van der Waals surface area contributed by atoms with Gasteiger partial charge in [-0.2, -0.15) is 11.8 Å². The molecule has 0 amide bonds. The molecule has 0 nitrogen and oxygen atoms in total. The van der Waals surface area contributed by atoms with Crippen LogP contribution in [0.25, 0.3) is 0 Å². The summed E-state index contributed by atoms with van der Waals surface area (Å²) >= 11 is 4.06. The van der Waals surface area contributed by atoms with Crippen LogP contribution in [0.15, 0.2) is 0 Å². The third-order valence-corrected chi connectivity index (χ3v) is 5.12. The van der Waals surface area contributed by atoms with Crippen LogP contribution >= 0.6 is 23.5 Å². The predicted octanol–water partition coefficient (Wildman–Crippen LogP) is 4.11. The molecule has 0 aromatic carbocycles. The molecule has 0 saturated heterocycles. The summed E-state index contributed by atoms with van der Waals surface area (Å²) < 4.78 is 0. The van der Waals surface area contributed by atoms with Gasteiger partial charge >= 0.3 is 0 Å². The molecule has 74 valence electrons. The van der Waals surface area contributed by atoms with E-state index in [-0.39, 0.29) is 0 Å². The minimum Gasteiger partial charge on any atom is -0.154 e. The Morgan fingerprint density at radius 1 is 1.17 bits per heavy atom. The van der Waals surface area contributed by atoms with Gasteiger partial charge < -0.3 is 0 Å². The Bertz CT molecular complexity index is 102. The van der Waals surface area contributed by atoms with Gasteiger partial charge in [0, 0.05) is 10.3 Å². The lowest BCUT2D eigenvalue weighted by atomic mass is 9.96. The molecule has 0 spiro atoms. The topological polar surface area (TPSA) is 0 Å². The highest BCUT2D eigenvalue weighted by Gasteiger charge is 2.19. The molecule has 0 aliphatic carbocycles. The first-order valence-electron chi connectivity index (χ1n) is 4.74. The molecule has 0 aliphatic heterocycles. The second kappa shape index (κ2) is 7.14. The van der Waals surface area contributed by atoms with Gasteiger partial charge in [0.15, 0.2) is 0 Å². The lowest BCUT2D eigenvalue weighted by molar-refractivity contribution is 0.446. The van der Waals surface area contributed by atoms with Crippen molar-refractivity contribution in [1.82, 2.24) is 0 Å². The minimum atomic E-state index is 0.817. The maximum atomic E-state index is 2.37. The molecular formula is C10H22S2. The lowest BCUT2D eigenvalue weighted by Gasteiger charge is -2.25. The highest BCUT2D eigenvalue weighted by atomic mass is 32.2. The van der Waals surface area contributed by atoms with E-state index in [1.165, 1.54) is 11.5 Å². The van der Waals surface area contributed by atoms with Crippen molar-refractivity contribution in [2.24, 2.45) is 11.8 Å². The van der Waals surface area contributed by atoms with Gasteiger partial charge in [-0.05, 0) is 18.1 Å². The predicted molar refractivity (Wildman–Crippen MR) is 64.1 cm³/mol. The first kappa shape index (κ1) is 12.7. The monoisotopic (exact) mass is 206 g/mol. The van der Waals surface area contributed by atoms with Crippen molar-refractivity contribution < 1.29 is 0 Å². The quantitative estimate of drug-likeness (QED) is 0.600. The van der Waals surface area contributed by atoms with Crippen LogP contribution in [-0.4, -0.2) is 16.6 Å². The van der Waals surface area contributed by atoms with Crippen molar-refractivity contribution in [3.63, 3.8) is 0 Å². The summed E-state index contributed by atoms with van der Waals surface area (Å²) in [6.07, 6.45) is 3.49. The molecule has 0 fully saturated rings. The van der Waals surface area contributed by atoms with Crippen LogP contribution in [0.5, 0.6) is 0 Å². The Morgan fingerprint density at radius 2 is 1.75 bits per heavy atom. The lowest BCUT2D eigenvalue weighted by Crippen LogP contribution is -2.20. The largest absolute Gasteiger partial charge is 0.154 e. The number of thioether (sulfide) groups is 2. The smallest absolute Gasteiger partial charge is 0.0392 e. The maximum absolute atomic E-state index is 2.37. The SMILES string of the molecule is CCC(C)C(SCSC)C(C)C. The van der Waals surface area contributed by atoms with E-state index in [1.807, 2.05) is 11.8 Å². The molecular weight excluding hydrogens is 184 g/mol. The van der Waals surface area contributed by atoms with E-state index in [0.29, 0.717) is 0 Å². The van der Waals surface area contributed by atoms with Crippen molar-refractivity contribution in [1.29, 1.82) is 0 Å². The van der Waals surface area contributed by atoms with Crippen LogP contribution < -0.4 is 0 Å². The van der Waals surface area contributed by atoms with Gasteiger partial charge in [0.05, 0.1) is 0 Å². The van der Waals surface area contributed by atoms with E-state index >= 15 is 0 Å². The summed E-state index contributed by atoms with van der Waals surface area (Å²) in [4.78, 5) is 0. The highest BCUT2D eigenvalue weighted by molar-refractivity contribution is 8.15. The standard InChI is InChI=1S/C10H22S2/c1-6-9(4)10(8(2)3)12-7-11-5/h8-10H,6-7H2,1-5H3. The molecule has 2 heteroatoms. The molecule has 0 aromatic heterocycles. The molecule has 12 heavy (non-hydrogen) atoms. The van der Waals surface area contributed by atoms with Crippen LogP contribution in [0.2, 0.25) is 0 Å². The van der Waals surface area contributed by atoms with Gasteiger partial charge in [0.1, 0.15) is 0 Å². The average Bonchev–Trinajstić information content (AvgIpc) is 2.04. The van der Waals surface area contributed by atoms with Crippen molar-refractivity contribution in [2.75, 3.05) is 11.3 Å². The van der Waals surface area contributed by atoms with E-state index in [9.17, 15) is 0 Å². The highest BCUT2D eigenvalue weighted by Crippen LogP contribution is 2.30. The van der Waals surface area contributed by atoms with E-state index < -0.39 is 0 Å². The Morgan fingerprint density at radius 3 is 2.08 bits per heavy atom. The van der Waals surface area contributed by atoms with Gasteiger partial charge in [-0.1, -0.05) is 34.1 Å². The summed E-state index contributed by atoms with van der Waals surface area (Å²) in [6, 6.07) is 0. The van der Waals surface area contributed by atoms with E-state index in [4.69, 9.17) is 0 Å². The molecule has 0 bridgehead atoms. The molecule has 0 saturated carbocycles. The summed E-state index contributed by atoms with van der Waals surface area (Å²) in [5.41, 5.74) is 0. The van der Waals surface area contributed by atoms with E-state index in [0.717, 1.165) is 17.1 Å². The fourth-order valence-electron chi connectivity index (χ4n) is 1.39. The van der Waals surface area contributed by atoms with Crippen molar-refractivity contribution in [3.05, 3.63) is 0 Å². The van der Waals surface area contributed by atoms with Crippen molar-refractivity contribution >= 4 is 23.5 Å². The fourth-order valence-corrected chi connectivity index (χ4v) is 3.47. The maximum Gasteiger partial charge on any atom is 0.0392 e. The average molecular weight is 206 g/mol. The number of rotatable bonds is 6. The van der Waals surface area contributed by atoms with E-state index in [1.54, 1.807) is 0 Å². The zero-order valence-corrected chi connectivity index (χ0v) is 10.6. The van der Waals surface area contributed by atoms with Crippen molar-refractivity contribution in [3.8, 4) is 0 Å². The van der Waals surface area contributed by atoms with E-state index in [2.05, 4.69) is 45.7 Å². The third-order valence-electron chi connectivity index (χ3n) is 2.24. The number of hydrogen-bond donors (Lipinski definition) is 0. The van der Waals surface area contributed by atoms with Crippen LogP contribution in [-0.2, 0) is 0 Å². The molecule has 2 unspecified atom stereocenters. The molecule has 0 aromatic rings. The zero-order valence-electron chi connectivity index (χ0n) is 8.96. The van der Waals surface area contributed by atoms with Crippen LogP contribution in [0.3, 0.4) is 0 Å². The summed E-state index contributed by atoms with van der Waals surface area (Å²) in [6.45, 7) is 9.34. The Labute approximate surface area is 86.3 Å². The molecule has 0 heterocycles. The molecule has 0 radical (unpaired) electrons. The Balaban J connectivity index is 3.85. The van der Waals surface area contributed by atoms with Crippen LogP contribution in [0.1, 0.15) is 34.1 Å². The molecule has 0 rings (SSSR count). The molecule has 0 N–H and O–H groups in total. The van der Waals surface area contributed by atoms with Crippen molar-refractivity contribution in [2.45, 2.75) is 39.4 Å². The van der Waals surface area contributed by atoms with Crippen LogP contribution in [0.4, 0.5) is 0 Å². The first-order valence-corrected chi connectivity index (χ1v) is 7.18. The summed E-state index contributed by atoms with van der Waals surface area (Å²) in [7, 11) is 0. The third kappa shape index (κ3) is 4.66. The Kier molecular flexibility index (Phi) is 7.55. The summed E-state index contributed by atoms with van der Waals surface area (Å²) in [5, 5.41) is 2.09. The molecule has 0 aliphatic rings. The second-order valence-electron chi connectivity index (χ2n) is 3.67. The number of hydrogen-bond acceptors (Lipinski definition) is 2. The van der Waals surface area contributed by atoms with Gasteiger partial charge in [0.2, 0.25) is 0 Å². The first-order chi connectivity index (χ1) is 5.63. The minimum absolute atomic E-state index is 0.817. The van der Waals surface area contributed by atoms with Gasteiger partial charge in [-0.15, -0.1) is 11.8 Å². The van der Waals surface area contributed by atoms with Gasteiger partial charge in [-0.25, -0.2) is 0 Å². The Hall–Kier alpha value is 0.700. The van der Waals surface area contributed by atoms with Crippen LogP contribution in [0, 0.1) is 11.8 Å². The second-order valence-corrected chi connectivity index (χ2v) is 6.07. The fraction of sp³-hybridized carbons (Fsp3) is 1.00. The normalized spacial score (nSPS) is 16.5. The summed E-state index contributed by atoms with van der Waals surface area (Å²) in [5.74, 6) is 1.68. The van der Waals surface area contributed by atoms with Gasteiger partial charge in [0.25, 0.3) is 0 Å². The zero-order chi connectivity index (χ0) is 9.56.